The van der Waals surface area contributed by atoms with Crippen LogP contribution in [0.2, 0.25) is 0 Å². The third-order valence-electron chi connectivity index (χ3n) is 3.26. The Morgan fingerprint density at radius 2 is 1.84 bits per heavy atom. The highest BCUT2D eigenvalue weighted by molar-refractivity contribution is 5.79. The Morgan fingerprint density at radius 1 is 1.11 bits per heavy atom. The van der Waals surface area contributed by atoms with Crippen molar-refractivity contribution in [1.29, 1.82) is 0 Å². The summed E-state index contributed by atoms with van der Waals surface area (Å²) in [5.74, 6) is 0.895. The molecule has 0 saturated carbocycles. The van der Waals surface area contributed by atoms with E-state index in [1.807, 2.05) is 25.1 Å². The number of rotatable bonds is 2. The van der Waals surface area contributed by atoms with E-state index in [9.17, 15) is 0 Å². The molecule has 1 aromatic heterocycles. The van der Waals surface area contributed by atoms with Gasteiger partial charge >= 0.3 is 0 Å². The molecule has 0 aliphatic rings. The summed E-state index contributed by atoms with van der Waals surface area (Å²) in [5.41, 5.74) is 10.5. The molecule has 0 saturated heterocycles. The Hall–Kier alpha value is -2.13. The van der Waals surface area contributed by atoms with Crippen molar-refractivity contribution < 1.29 is 0 Å². The highest BCUT2D eigenvalue weighted by atomic mass is 15.1. The number of imidazole rings is 1. The number of fused-ring (bicyclic) bond motifs is 1. The van der Waals surface area contributed by atoms with Crippen LogP contribution in [0.3, 0.4) is 0 Å². The normalized spacial score (nSPS) is 12.8. The molecule has 0 amide bonds. The molecule has 0 unspecified atom stereocenters. The topological polar surface area (TPSA) is 43.8 Å². The second-order valence-corrected chi connectivity index (χ2v) is 4.92. The molecule has 0 aliphatic carbocycles. The number of nitrogens with two attached hydrogens (primary N) is 1. The van der Waals surface area contributed by atoms with Crippen molar-refractivity contribution in [3.05, 3.63) is 59.9 Å². The van der Waals surface area contributed by atoms with Gasteiger partial charge in [-0.3, -0.25) is 4.57 Å². The van der Waals surface area contributed by atoms with Crippen molar-refractivity contribution in [2.45, 2.75) is 19.9 Å². The molecule has 0 bridgehead atoms. The molecule has 3 aromatic rings. The molecule has 1 heterocycles. The van der Waals surface area contributed by atoms with Crippen LogP contribution in [0.5, 0.6) is 0 Å². The summed E-state index contributed by atoms with van der Waals surface area (Å²) >= 11 is 0. The molecule has 0 spiro atoms. The number of aryl methyl sites for hydroxylation is 1. The van der Waals surface area contributed by atoms with Crippen molar-refractivity contribution in [3.63, 3.8) is 0 Å². The molecule has 0 aliphatic heterocycles. The SMILES string of the molecule is Cc1ccc2c(c1)nc([C@H](C)N)n2-c1ccccc1. The van der Waals surface area contributed by atoms with Crippen LogP contribution in [0.25, 0.3) is 16.7 Å². The lowest BCUT2D eigenvalue weighted by Gasteiger charge is -2.11. The summed E-state index contributed by atoms with van der Waals surface area (Å²) in [5, 5.41) is 0. The van der Waals surface area contributed by atoms with Crippen molar-refractivity contribution in [2.75, 3.05) is 0 Å². The largest absolute Gasteiger partial charge is 0.322 e. The quantitative estimate of drug-likeness (QED) is 0.759. The molecular weight excluding hydrogens is 234 g/mol. The van der Waals surface area contributed by atoms with Gasteiger partial charge < -0.3 is 5.73 Å². The minimum absolute atomic E-state index is 0.104. The van der Waals surface area contributed by atoms with Crippen LogP contribution in [0.4, 0.5) is 0 Å². The average Bonchev–Trinajstić information content (AvgIpc) is 2.78. The second-order valence-electron chi connectivity index (χ2n) is 4.92. The number of hydrogen-bond acceptors (Lipinski definition) is 2. The average molecular weight is 251 g/mol. The summed E-state index contributed by atoms with van der Waals surface area (Å²) < 4.78 is 2.14. The summed E-state index contributed by atoms with van der Waals surface area (Å²) in [7, 11) is 0. The molecule has 0 fully saturated rings. The minimum Gasteiger partial charge on any atom is -0.322 e. The Kier molecular flexibility index (Phi) is 2.84. The van der Waals surface area contributed by atoms with Gasteiger partial charge in [0.25, 0.3) is 0 Å². The van der Waals surface area contributed by atoms with E-state index in [4.69, 9.17) is 5.73 Å². The maximum absolute atomic E-state index is 6.07. The van der Waals surface area contributed by atoms with Gasteiger partial charge in [-0.05, 0) is 43.7 Å². The predicted molar refractivity (Wildman–Crippen MR) is 78.4 cm³/mol. The van der Waals surface area contributed by atoms with Crippen molar-refractivity contribution in [1.82, 2.24) is 9.55 Å². The van der Waals surface area contributed by atoms with E-state index in [1.54, 1.807) is 0 Å². The van der Waals surface area contributed by atoms with Gasteiger partial charge in [0.1, 0.15) is 5.82 Å². The summed E-state index contributed by atoms with van der Waals surface area (Å²) in [4.78, 5) is 4.69. The predicted octanol–water partition coefficient (Wildman–Crippen LogP) is 3.35. The van der Waals surface area contributed by atoms with Crippen LogP contribution < -0.4 is 5.73 Å². The van der Waals surface area contributed by atoms with E-state index in [1.165, 1.54) is 5.56 Å². The monoisotopic (exact) mass is 251 g/mol. The number of para-hydroxylation sites is 1. The van der Waals surface area contributed by atoms with Crippen LogP contribution >= 0.6 is 0 Å². The zero-order chi connectivity index (χ0) is 13.4. The summed E-state index contributed by atoms with van der Waals surface area (Å²) in [6.07, 6.45) is 0. The first-order chi connectivity index (χ1) is 9.16. The van der Waals surface area contributed by atoms with Crippen LogP contribution in [0, 0.1) is 6.92 Å². The van der Waals surface area contributed by atoms with Crippen LogP contribution in [-0.2, 0) is 0 Å². The fourth-order valence-corrected chi connectivity index (χ4v) is 2.36. The van der Waals surface area contributed by atoms with E-state index in [2.05, 4.69) is 46.8 Å². The van der Waals surface area contributed by atoms with E-state index in [0.29, 0.717) is 0 Å². The molecule has 2 aromatic carbocycles. The van der Waals surface area contributed by atoms with Crippen LogP contribution in [0.15, 0.2) is 48.5 Å². The lowest BCUT2D eigenvalue weighted by atomic mass is 10.2. The minimum atomic E-state index is -0.104. The maximum atomic E-state index is 6.07. The Bertz CT molecular complexity index is 711. The van der Waals surface area contributed by atoms with Gasteiger partial charge in [-0.1, -0.05) is 24.3 Å². The Labute approximate surface area is 112 Å². The molecule has 3 heteroatoms. The number of hydrogen-bond donors (Lipinski definition) is 1. The fourth-order valence-electron chi connectivity index (χ4n) is 2.36. The zero-order valence-corrected chi connectivity index (χ0v) is 11.2. The Morgan fingerprint density at radius 3 is 2.53 bits per heavy atom. The van der Waals surface area contributed by atoms with Gasteiger partial charge in [0.2, 0.25) is 0 Å². The smallest absolute Gasteiger partial charge is 0.131 e. The molecule has 19 heavy (non-hydrogen) atoms. The van der Waals surface area contributed by atoms with Crippen molar-refractivity contribution in [3.8, 4) is 5.69 Å². The number of aromatic nitrogens is 2. The highest BCUT2D eigenvalue weighted by Crippen LogP contribution is 2.25. The molecule has 0 radical (unpaired) electrons. The lowest BCUT2D eigenvalue weighted by molar-refractivity contribution is 0.727. The van der Waals surface area contributed by atoms with E-state index >= 15 is 0 Å². The van der Waals surface area contributed by atoms with Crippen molar-refractivity contribution in [2.24, 2.45) is 5.73 Å². The van der Waals surface area contributed by atoms with Gasteiger partial charge in [0.15, 0.2) is 0 Å². The zero-order valence-electron chi connectivity index (χ0n) is 11.2. The number of benzene rings is 2. The molecule has 2 N–H and O–H groups in total. The Balaban J connectivity index is 2.35. The molecule has 96 valence electrons. The molecule has 3 nitrogen and oxygen atoms in total. The first-order valence-corrected chi connectivity index (χ1v) is 6.47. The summed E-state index contributed by atoms with van der Waals surface area (Å²) in [6, 6.07) is 16.4. The second kappa shape index (κ2) is 4.52. The first kappa shape index (κ1) is 11.9. The fraction of sp³-hybridized carbons (Fsp3) is 0.188. The van der Waals surface area contributed by atoms with Gasteiger partial charge in [0.05, 0.1) is 17.1 Å². The lowest BCUT2D eigenvalue weighted by Crippen LogP contribution is -2.12. The molecule has 3 rings (SSSR count). The van der Waals surface area contributed by atoms with Crippen LogP contribution in [-0.4, -0.2) is 9.55 Å². The van der Waals surface area contributed by atoms with Gasteiger partial charge in [0, 0.05) is 5.69 Å². The summed E-state index contributed by atoms with van der Waals surface area (Å²) in [6.45, 7) is 4.04. The third-order valence-corrected chi connectivity index (χ3v) is 3.26. The van der Waals surface area contributed by atoms with E-state index in [0.717, 1.165) is 22.5 Å². The van der Waals surface area contributed by atoms with E-state index < -0.39 is 0 Å². The molecular formula is C16H17N3. The van der Waals surface area contributed by atoms with Gasteiger partial charge in [-0.25, -0.2) is 4.98 Å². The van der Waals surface area contributed by atoms with Crippen LogP contribution in [0.1, 0.15) is 24.4 Å². The maximum Gasteiger partial charge on any atom is 0.131 e. The van der Waals surface area contributed by atoms with E-state index in [-0.39, 0.29) is 6.04 Å². The van der Waals surface area contributed by atoms with Gasteiger partial charge in [-0.15, -0.1) is 0 Å². The van der Waals surface area contributed by atoms with Crippen molar-refractivity contribution >= 4 is 11.0 Å². The standard InChI is InChI=1S/C16H17N3/c1-11-8-9-15-14(10-11)18-16(12(2)17)19(15)13-6-4-3-5-7-13/h3-10,12H,17H2,1-2H3/t12-/m0/s1. The van der Waals surface area contributed by atoms with Gasteiger partial charge in [-0.2, -0.15) is 0 Å². The molecule has 1 atom stereocenters. The highest BCUT2D eigenvalue weighted by Gasteiger charge is 2.15. The third kappa shape index (κ3) is 2.02. The first-order valence-electron chi connectivity index (χ1n) is 6.47. The number of nitrogens with zero attached hydrogens (tertiary/aromatic N) is 2.